The van der Waals surface area contributed by atoms with E-state index >= 15 is 0 Å². The average Bonchev–Trinajstić information content (AvgIpc) is 2.98. The van der Waals surface area contributed by atoms with Gasteiger partial charge in [-0.15, -0.1) is 11.3 Å². The van der Waals surface area contributed by atoms with Gasteiger partial charge < -0.3 is 15.5 Å². The van der Waals surface area contributed by atoms with E-state index in [9.17, 15) is 0 Å². The van der Waals surface area contributed by atoms with Crippen LogP contribution in [0.25, 0.3) is 0 Å². The Hall–Kier alpha value is -2.08. The molecule has 5 nitrogen and oxygen atoms in total. The first-order valence-electron chi connectivity index (χ1n) is 9.84. The number of rotatable bonds is 5. The maximum Gasteiger partial charge on any atom is 0.191 e. The van der Waals surface area contributed by atoms with Crippen LogP contribution in [-0.2, 0) is 6.54 Å². The van der Waals surface area contributed by atoms with E-state index in [4.69, 9.17) is 4.99 Å². The predicted molar refractivity (Wildman–Crippen MR) is 116 cm³/mol. The summed E-state index contributed by atoms with van der Waals surface area (Å²) >= 11 is 1.74. The number of aromatic nitrogens is 1. The van der Waals surface area contributed by atoms with Gasteiger partial charge in [0.05, 0.1) is 12.2 Å². The number of anilines is 1. The highest BCUT2D eigenvalue weighted by atomic mass is 32.1. The number of guanidine groups is 1. The summed E-state index contributed by atoms with van der Waals surface area (Å²) in [6, 6.07) is 9.23. The van der Waals surface area contributed by atoms with Crippen LogP contribution in [-0.4, -0.2) is 36.6 Å². The van der Waals surface area contributed by atoms with E-state index in [0.29, 0.717) is 12.6 Å². The van der Waals surface area contributed by atoms with Crippen molar-refractivity contribution in [1.29, 1.82) is 0 Å². The summed E-state index contributed by atoms with van der Waals surface area (Å²) in [6.45, 7) is 12.0. The molecule has 1 aliphatic heterocycles. The molecule has 0 amide bonds. The van der Waals surface area contributed by atoms with Gasteiger partial charge in [-0.25, -0.2) is 9.98 Å². The second-order valence-corrected chi connectivity index (χ2v) is 8.50. The van der Waals surface area contributed by atoms with Gasteiger partial charge in [0.15, 0.2) is 5.96 Å². The summed E-state index contributed by atoms with van der Waals surface area (Å²) in [6.07, 6.45) is 2.36. The molecule has 1 fully saturated rings. The number of nitrogens with zero attached hydrogens (tertiary/aromatic N) is 3. The molecule has 2 aromatic rings. The molecule has 0 bridgehead atoms. The number of hydrogen-bond acceptors (Lipinski definition) is 4. The molecule has 0 aliphatic carbocycles. The van der Waals surface area contributed by atoms with Crippen molar-refractivity contribution >= 4 is 23.0 Å². The zero-order valence-electron chi connectivity index (χ0n) is 16.9. The van der Waals surface area contributed by atoms with Crippen molar-refractivity contribution in [3.63, 3.8) is 0 Å². The van der Waals surface area contributed by atoms with Gasteiger partial charge in [-0.3, -0.25) is 0 Å². The molecule has 1 atom stereocenters. The van der Waals surface area contributed by atoms with Crippen molar-refractivity contribution in [1.82, 2.24) is 15.6 Å². The summed E-state index contributed by atoms with van der Waals surface area (Å²) in [5.74, 6) is 0.888. The molecule has 1 aromatic heterocycles. The first-order chi connectivity index (χ1) is 13.0. The molecule has 0 radical (unpaired) electrons. The zero-order chi connectivity index (χ0) is 19.2. The molecule has 6 heteroatoms. The molecule has 2 N–H and O–H groups in total. The van der Waals surface area contributed by atoms with E-state index in [0.717, 1.165) is 36.3 Å². The lowest BCUT2D eigenvalue weighted by molar-refractivity contribution is 0.468. The minimum atomic E-state index is 0.401. The standard InChI is InChI=1S/C21H31N5S/c1-5-22-21(23-13-20-24-16(3)17(4)27-20)25-18-7-6-12-26(14-18)19-10-8-15(2)9-11-19/h8-11,18H,5-7,12-14H2,1-4H3,(H2,22,23,25). The lowest BCUT2D eigenvalue weighted by Gasteiger charge is -2.35. The molecular weight excluding hydrogens is 354 g/mol. The van der Waals surface area contributed by atoms with E-state index in [1.807, 2.05) is 0 Å². The number of piperidine rings is 1. The van der Waals surface area contributed by atoms with Gasteiger partial charge in [-0.2, -0.15) is 0 Å². The number of nitrogens with one attached hydrogen (secondary N) is 2. The number of benzene rings is 1. The van der Waals surface area contributed by atoms with Crippen LogP contribution >= 0.6 is 11.3 Å². The van der Waals surface area contributed by atoms with Crippen LogP contribution in [0.2, 0.25) is 0 Å². The maximum absolute atomic E-state index is 4.77. The van der Waals surface area contributed by atoms with Crippen LogP contribution < -0.4 is 15.5 Å². The van der Waals surface area contributed by atoms with Crippen LogP contribution in [0.4, 0.5) is 5.69 Å². The summed E-state index contributed by atoms with van der Waals surface area (Å²) in [7, 11) is 0. The second kappa shape index (κ2) is 9.22. The highest BCUT2D eigenvalue weighted by Gasteiger charge is 2.21. The Morgan fingerprint density at radius 3 is 2.70 bits per heavy atom. The van der Waals surface area contributed by atoms with Crippen molar-refractivity contribution in [2.75, 3.05) is 24.5 Å². The van der Waals surface area contributed by atoms with Crippen molar-refractivity contribution in [3.8, 4) is 0 Å². The van der Waals surface area contributed by atoms with Gasteiger partial charge in [0.1, 0.15) is 5.01 Å². The molecule has 3 rings (SSSR count). The normalized spacial score (nSPS) is 17.9. The van der Waals surface area contributed by atoms with Crippen LogP contribution in [0.15, 0.2) is 29.3 Å². The Balaban J connectivity index is 1.62. The van der Waals surface area contributed by atoms with E-state index < -0.39 is 0 Å². The SMILES string of the molecule is CCNC(=NCc1nc(C)c(C)s1)NC1CCCN(c2ccc(C)cc2)C1. The number of thiazole rings is 1. The largest absolute Gasteiger partial charge is 0.369 e. The first kappa shape index (κ1) is 19.7. The second-order valence-electron chi connectivity index (χ2n) is 7.21. The smallest absolute Gasteiger partial charge is 0.191 e. The van der Waals surface area contributed by atoms with E-state index in [1.165, 1.54) is 29.0 Å². The molecule has 2 heterocycles. The van der Waals surface area contributed by atoms with Gasteiger partial charge in [0.25, 0.3) is 0 Å². The number of aryl methyl sites for hydroxylation is 3. The molecular formula is C21H31N5S. The fourth-order valence-corrected chi connectivity index (χ4v) is 4.21. The highest BCUT2D eigenvalue weighted by Crippen LogP contribution is 2.21. The molecule has 27 heavy (non-hydrogen) atoms. The number of hydrogen-bond donors (Lipinski definition) is 2. The lowest BCUT2D eigenvalue weighted by Crippen LogP contribution is -2.51. The predicted octanol–water partition coefficient (Wildman–Crippen LogP) is 3.79. The minimum Gasteiger partial charge on any atom is -0.369 e. The summed E-state index contributed by atoms with van der Waals surface area (Å²) < 4.78 is 0. The van der Waals surface area contributed by atoms with Gasteiger partial charge in [-0.1, -0.05) is 17.7 Å². The van der Waals surface area contributed by atoms with Crippen molar-refractivity contribution in [3.05, 3.63) is 45.4 Å². The maximum atomic E-state index is 4.77. The quantitative estimate of drug-likeness (QED) is 0.607. The van der Waals surface area contributed by atoms with Gasteiger partial charge in [0, 0.05) is 36.2 Å². The first-order valence-corrected chi connectivity index (χ1v) is 10.7. The monoisotopic (exact) mass is 385 g/mol. The van der Waals surface area contributed by atoms with Gasteiger partial charge >= 0.3 is 0 Å². The third kappa shape index (κ3) is 5.45. The summed E-state index contributed by atoms with van der Waals surface area (Å²) in [5.41, 5.74) is 3.73. The molecule has 1 aliphatic rings. The van der Waals surface area contributed by atoms with Crippen molar-refractivity contribution in [2.24, 2.45) is 4.99 Å². The van der Waals surface area contributed by atoms with Gasteiger partial charge in [0.2, 0.25) is 0 Å². The summed E-state index contributed by atoms with van der Waals surface area (Å²) in [5, 5.41) is 8.09. The Bertz CT molecular complexity index is 746. The van der Waals surface area contributed by atoms with Crippen LogP contribution in [0, 0.1) is 20.8 Å². The van der Waals surface area contributed by atoms with Crippen molar-refractivity contribution in [2.45, 2.75) is 53.1 Å². The Kier molecular flexibility index (Phi) is 6.72. The third-order valence-corrected chi connectivity index (χ3v) is 6.01. The van der Waals surface area contributed by atoms with E-state index in [1.54, 1.807) is 11.3 Å². The average molecular weight is 386 g/mol. The Labute approximate surface area is 166 Å². The number of aliphatic imine (C=N–C) groups is 1. The van der Waals surface area contributed by atoms with Crippen molar-refractivity contribution < 1.29 is 0 Å². The third-order valence-electron chi connectivity index (χ3n) is 4.95. The van der Waals surface area contributed by atoms with Crippen LogP contribution in [0.3, 0.4) is 0 Å². The topological polar surface area (TPSA) is 52.6 Å². The molecule has 1 unspecified atom stereocenters. The van der Waals surface area contributed by atoms with Crippen LogP contribution in [0.5, 0.6) is 0 Å². The highest BCUT2D eigenvalue weighted by molar-refractivity contribution is 7.11. The molecule has 1 aromatic carbocycles. The molecule has 0 saturated carbocycles. The summed E-state index contributed by atoms with van der Waals surface area (Å²) in [4.78, 5) is 13.1. The molecule has 1 saturated heterocycles. The molecule has 146 valence electrons. The molecule has 0 spiro atoms. The van der Waals surface area contributed by atoms with Gasteiger partial charge in [-0.05, 0) is 52.7 Å². The Morgan fingerprint density at radius 1 is 1.26 bits per heavy atom. The lowest BCUT2D eigenvalue weighted by atomic mass is 10.0. The zero-order valence-corrected chi connectivity index (χ0v) is 17.7. The van der Waals surface area contributed by atoms with Crippen LogP contribution in [0.1, 0.15) is 40.9 Å². The fraction of sp³-hybridized carbons (Fsp3) is 0.524. The minimum absolute atomic E-state index is 0.401. The van der Waals surface area contributed by atoms with E-state index in [2.05, 4.69) is 72.5 Å². The Morgan fingerprint density at radius 2 is 2.04 bits per heavy atom. The van der Waals surface area contributed by atoms with E-state index in [-0.39, 0.29) is 0 Å². The fourth-order valence-electron chi connectivity index (χ4n) is 3.35.